The van der Waals surface area contributed by atoms with E-state index in [-0.39, 0.29) is 18.4 Å². The van der Waals surface area contributed by atoms with Gasteiger partial charge in [0.25, 0.3) is 0 Å². The average molecular weight is 317 g/mol. The van der Waals surface area contributed by atoms with Crippen LogP contribution in [0.2, 0.25) is 0 Å². The molecule has 2 N–H and O–H groups in total. The Morgan fingerprint density at radius 3 is 2.61 bits per heavy atom. The molecule has 0 heterocycles. The van der Waals surface area contributed by atoms with Crippen molar-refractivity contribution in [3.8, 4) is 0 Å². The molecule has 126 valence electrons. The molecule has 4 nitrogen and oxygen atoms in total. The minimum Gasteiger partial charge on any atom is -0.481 e. The Morgan fingerprint density at radius 1 is 1.26 bits per heavy atom. The molecule has 0 fully saturated rings. The van der Waals surface area contributed by atoms with E-state index in [9.17, 15) is 14.7 Å². The van der Waals surface area contributed by atoms with Crippen LogP contribution in [0.4, 0.5) is 0 Å². The molecule has 1 amide bonds. The van der Waals surface area contributed by atoms with Gasteiger partial charge in [-0.2, -0.15) is 0 Å². The lowest BCUT2D eigenvalue weighted by molar-refractivity contribution is -0.149. The highest BCUT2D eigenvalue weighted by molar-refractivity contribution is 5.79. The molecule has 1 aliphatic rings. The van der Waals surface area contributed by atoms with Crippen molar-refractivity contribution in [3.63, 3.8) is 0 Å². The van der Waals surface area contributed by atoms with E-state index in [1.165, 1.54) is 11.1 Å². The molecule has 0 aromatic heterocycles. The number of hydrogen-bond donors (Lipinski definition) is 2. The second kappa shape index (κ2) is 7.62. The largest absolute Gasteiger partial charge is 0.481 e. The first kappa shape index (κ1) is 17.5. The predicted molar refractivity (Wildman–Crippen MR) is 90.4 cm³/mol. The summed E-state index contributed by atoms with van der Waals surface area (Å²) in [5, 5.41) is 12.3. The average Bonchev–Trinajstić information content (AvgIpc) is 2.56. The maximum atomic E-state index is 12.3. The molecule has 1 aliphatic carbocycles. The van der Waals surface area contributed by atoms with Crippen LogP contribution in [0.3, 0.4) is 0 Å². The summed E-state index contributed by atoms with van der Waals surface area (Å²) in [4.78, 5) is 23.8. The predicted octanol–water partition coefficient (Wildman–Crippen LogP) is 3.50. The number of benzene rings is 1. The Bertz CT molecular complexity index is 563. The Labute approximate surface area is 138 Å². The van der Waals surface area contributed by atoms with Crippen molar-refractivity contribution in [2.45, 2.75) is 58.3 Å². The summed E-state index contributed by atoms with van der Waals surface area (Å²) in [7, 11) is 0. The van der Waals surface area contributed by atoms with Crippen LogP contribution in [0.5, 0.6) is 0 Å². The second-order valence-electron chi connectivity index (χ2n) is 6.56. The van der Waals surface area contributed by atoms with Gasteiger partial charge in [0, 0.05) is 13.0 Å². The highest BCUT2D eigenvalue weighted by atomic mass is 16.4. The van der Waals surface area contributed by atoms with Crippen molar-refractivity contribution in [1.82, 2.24) is 5.32 Å². The number of carboxylic acids is 1. The van der Waals surface area contributed by atoms with E-state index in [0.717, 1.165) is 19.3 Å². The van der Waals surface area contributed by atoms with Crippen molar-refractivity contribution >= 4 is 11.9 Å². The van der Waals surface area contributed by atoms with Crippen LogP contribution in [0, 0.1) is 5.41 Å². The van der Waals surface area contributed by atoms with E-state index in [1.54, 1.807) is 0 Å². The Balaban J connectivity index is 1.97. The van der Waals surface area contributed by atoms with Crippen molar-refractivity contribution in [1.29, 1.82) is 0 Å². The molecule has 0 radical (unpaired) electrons. The number of aliphatic carboxylic acids is 1. The molecule has 0 saturated carbocycles. The number of rotatable bonds is 7. The summed E-state index contributed by atoms with van der Waals surface area (Å²) in [6.45, 7) is 3.94. The Morgan fingerprint density at radius 2 is 1.96 bits per heavy atom. The molecule has 1 aromatic carbocycles. The fourth-order valence-electron chi connectivity index (χ4n) is 3.51. The highest BCUT2D eigenvalue weighted by Crippen LogP contribution is 2.34. The molecule has 1 aromatic rings. The third-order valence-electron chi connectivity index (χ3n) is 5.36. The van der Waals surface area contributed by atoms with Gasteiger partial charge in [-0.3, -0.25) is 9.59 Å². The summed E-state index contributed by atoms with van der Waals surface area (Å²) in [5.74, 6) is -0.618. The summed E-state index contributed by atoms with van der Waals surface area (Å²) in [5.41, 5.74) is 1.78. The lowest BCUT2D eigenvalue weighted by Gasteiger charge is -2.28. The molecule has 0 saturated heterocycles. The monoisotopic (exact) mass is 317 g/mol. The van der Waals surface area contributed by atoms with Gasteiger partial charge in [-0.1, -0.05) is 38.1 Å². The number of carbonyl (C=O) groups is 2. The van der Waals surface area contributed by atoms with Crippen LogP contribution < -0.4 is 5.32 Å². The standard InChI is InChI=1S/C19H27NO3/c1-3-19(4-2,18(22)23)13-20-17(21)12-15-10-7-9-14-8-5-6-11-16(14)15/h5-6,8,11,15H,3-4,7,9-10,12-13H2,1-2H3,(H,20,21)(H,22,23). The quantitative estimate of drug-likeness (QED) is 0.809. The first-order valence-electron chi connectivity index (χ1n) is 8.60. The molecule has 1 unspecified atom stereocenters. The van der Waals surface area contributed by atoms with E-state index in [0.29, 0.717) is 19.3 Å². The summed E-state index contributed by atoms with van der Waals surface area (Å²) in [6.07, 6.45) is 4.70. The number of nitrogens with one attached hydrogen (secondary N) is 1. The zero-order valence-electron chi connectivity index (χ0n) is 14.1. The van der Waals surface area contributed by atoms with Crippen molar-refractivity contribution < 1.29 is 14.7 Å². The number of fused-ring (bicyclic) bond motifs is 1. The van der Waals surface area contributed by atoms with E-state index in [1.807, 2.05) is 26.0 Å². The van der Waals surface area contributed by atoms with Crippen LogP contribution in [0.1, 0.15) is 63.0 Å². The van der Waals surface area contributed by atoms with Crippen molar-refractivity contribution in [2.24, 2.45) is 5.41 Å². The van der Waals surface area contributed by atoms with Gasteiger partial charge in [0.15, 0.2) is 0 Å². The minimum absolute atomic E-state index is 0.0424. The lowest BCUT2D eigenvalue weighted by atomic mass is 9.80. The van der Waals surface area contributed by atoms with Crippen LogP contribution in [-0.4, -0.2) is 23.5 Å². The first-order valence-corrected chi connectivity index (χ1v) is 8.60. The number of amides is 1. The van der Waals surface area contributed by atoms with Gasteiger partial charge in [0.05, 0.1) is 5.41 Å². The van der Waals surface area contributed by atoms with Gasteiger partial charge in [-0.15, -0.1) is 0 Å². The summed E-state index contributed by atoms with van der Waals surface area (Å²) >= 11 is 0. The molecular weight excluding hydrogens is 290 g/mol. The summed E-state index contributed by atoms with van der Waals surface area (Å²) < 4.78 is 0. The molecule has 0 bridgehead atoms. The van der Waals surface area contributed by atoms with E-state index < -0.39 is 11.4 Å². The van der Waals surface area contributed by atoms with Crippen LogP contribution >= 0.6 is 0 Å². The lowest BCUT2D eigenvalue weighted by Crippen LogP contribution is -2.42. The normalized spacial score (nSPS) is 17.4. The maximum Gasteiger partial charge on any atom is 0.311 e. The molecule has 23 heavy (non-hydrogen) atoms. The molecule has 2 rings (SSSR count). The first-order chi connectivity index (χ1) is 11.0. The third kappa shape index (κ3) is 3.92. The van der Waals surface area contributed by atoms with Gasteiger partial charge < -0.3 is 10.4 Å². The number of hydrogen-bond acceptors (Lipinski definition) is 2. The van der Waals surface area contributed by atoms with Crippen molar-refractivity contribution in [3.05, 3.63) is 35.4 Å². The van der Waals surface area contributed by atoms with Gasteiger partial charge in [-0.05, 0) is 49.1 Å². The van der Waals surface area contributed by atoms with E-state index in [4.69, 9.17) is 0 Å². The van der Waals surface area contributed by atoms with Crippen LogP contribution in [0.25, 0.3) is 0 Å². The highest BCUT2D eigenvalue weighted by Gasteiger charge is 2.35. The van der Waals surface area contributed by atoms with E-state index in [2.05, 4.69) is 17.4 Å². The van der Waals surface area contributed by atoms with Gasteiger partial charge in [0.1, 0.15) is 0 Å². The Kier molecular flexibility index (Phi) is 5.80. The Hall–Kier alpha value is -1.84. The molecule has 1 atom stereocenters. The zero-order valence-corrected chi connectivity index (χ0v) is 14.1. The fourth-order valence-corrected chi connectivity index (χ4v) is 3.51. The molecule has 0 aliphatic heterocycles. The maximum absolute atomic E-state index is 12.3. The molecular formula is C19H27NO3. The molecule has 0 spiro atoms. The van der Waals surface area contributed by atoms with Gasteiger partial charge in [-0.25, -0.2) is 0 Å². The summed E-state index contributed by atoms with van der Waals surface area (Å²) in [6, 6.07) is 8.33. The molecule has 4 heteroatoms. The SMILES string of the molecule is CCC(CC)(CNC(=O)CC1CCCc2ccccc21)C(=O)O. The topological polar surface area (TPSA) is 66.4 Å². The zero-order chi connectivity index (χ0) is 16.9. The van der Waals surface area contributed by atoms with Gasteiger partial charge >= 0.3 is 5.97 Å². The van der Waals surface area contributed by atoms with Crippen LogP contribution in [-0.2, 0) is 16.0 Å². The fraction of sp³-hybridized carbons (Fsp3) is 0.579. The van der Waals surface area contributed by atoms with Crippen LogP contribution in [0.15, 0.2) is 24.3 Å². The van der Waals surface area contributed by atoms with Gasteiger partial charge in [0.2, 0.25) is 5.91 Å². The van der Waals surface area contributed by atoms with E-state index >= 15 is 0 Å². The number of carbonyl (C=O) groups excluding carboxylic acids is 1. The smallest absolute Gasteiger partial charge is 0.311 e. The minimum atomic E-state index is -0.847. The third-order valence-corrected chi connectivity index (χ3v) is 5.36. The number of aryl methyl sites for hydroxylation is 1. The number of carboxylic acid groups (broad SMARTS) is 1. The second-order valence-corrected chi connectivity index (χ2v) is 6.56. The van der Waals surface area contributed by atoms with Crippen molar-refractivity contribution in [2.75, 3.05) is 6.54 Å².